The number of ether oxygens (including phenoxy) is 1. The molecule has 3 nitrogen and oxygen atoms in total. The maximum absolute atomic E-state index is 11.3. The van der Waals surface area contributed by atoms with Crippen molar-refractivity contribution >= 4 is 5.97 Å². The lowest BCUT2D eigenvalue weighted by Crippen LogP contribution is -2.10. The average molecular weight is 342 g/mol. The van der Waals surface area contributed by atoms with Crippen LogP contribution in [0.5, 0.6) is 0 Å². The van der Waals surface area contributed by atoms with Gasteiger partial charge in [0.2, 0.25) is 0 Å². The summed E-state index contributed by atoms with van der Waals surface area (Å²) >= 11 is 0. The van der Waals surface area contributed by atoms with E-state index in [1.165, 1.54) is 12.7 Å². The highest BCUT2D eigenvalue weighted by molar-refractivity contribution is 5.82. The van der Waals surface area contributed by atoms with E-state index in [1.807, 2.05) is 12.1 Å². The Balaban J connectivity index is 1.68. The largest absolute Gasteiger partial charge is 0.466 e. The van der Waals surface area contributed by atoms with Gasteiger partial charge in [-0.25, -0.2) is 4.79 Å². The third-order valence-corrected chi connectivity index (χ3v) is 4.78. The number of hydrogen-bond donors (Lipinski definition) is 1. The van der Waals surface area contributed by atoms with Gasteiger partial charge >= 0.3 is 5.97 Å². The van der Waals surface area contributed by atoms with E-state index >= 15 is 0 Å². The predicted molar refractivity (Wildman–Crippen MR) is 101 cm³/mol. The number of rotatable bonds is 8. The second kappa shape index (κ2) is 10.9. The van der Waals surface area contributed by atoms with E-state index in [1.54, 1.807) is 6.08 Å². The molecule has 1 saturated carbocycles. The lowest BCUT2D eigenvalue weighted by atomic mass is 9.85. The van der Waals surface area contributed by atoms with Gasteiger partial charge in [-0.05, 0) is 56.4 Å². The fourth-order valence-electron chi connectivity index (χ4n) is 3.36. The van der Waals surface area contributed by atoms with Crippen LogP contribution in [0.4, 0.5) is 0 Å². The summed E-state index contributed by atoms with van der Waals surface area (Å²) in [6, 6.07) is 10.5. The molecule has 1 N–H and O–H groups in total. The van der Waals surface area contributed by atoms with Gasteiger partial charge in [-0.1, -0.05) is 54.5 Å². The van der Waals surface area contributed by atoms with Crippen LogP contribution in [0.3, 0.4) is 0 Å². The van der Waals surface area contributed by atoms with Crippen molar-refractivity contribution in [3.05, 3.63) is 59.7 Å². The highest BCUT2D eigenvalue weighted by Gasteiger charge is 2.16. The standard InChI is InChI=1S/C22H30O3/c1-25-22(24)17-20-12-7-11-19(16-20)14-15-21(23)13-6-5-10-18-8-3-2-4-9-18/h2-4,8-9,14-15,17,19,21,23H,5-7,10-13,16H2,1H3/b15-14+,20-17+. The number of hydrogen-bond acceptors (Lipinski definition) is 3. The SMILES string of the molecule is COC(=O)/C=C1\CCCC(/C=C/C(O)CCCCc2ccccc2)C1. The van der Waals surface area contributed by atoms with Crippen molar-refractivity contribution < 1.29 is 14.6 Å². The molecule has 2 atom stereocenters. The molecule has 3 heteroatoms. The van der Waals surface area contributed by atoms with E-state index in [2.05, 4.69) is 30.3 Å². The van der Waals surface area contributed by atoms with Crippen molar-refractivity contribution in [1.82, 2.24) is 0 Å². The molecular formula is C22H30O3. The van der Waals surface area contributed by atoms with E-state index in [0.29, 0.717) is 5.92 Å². The Morgan fingerprint density at radius 3 is 2.88 bits per heavy atom. The number of aliphatic hydroxyl groups is 1. The van der Waals surface area contributed by atoms with Crippen LogP contribution in [0.15, 0.2) is 54.1 Å². The molecule has 0 aromatic heterocycles. The first-order valence-electron chi connectivity index (χ1n) is 9.35. The van der Waals surface area contributed by atoms with Gasteiger partial charge in [0, 0.05) is 6.08 Å². The molecule has 25 heavy (non-hydrogen) atoms. The van der Waals surface area contributed by atoms with Crippen LogP contribution in [0.25, 0.3) is 0 Å². The number of aliphatic hydroxyl groups excluding tert-OH is 1. The highest BCUT2D eigenvalue weighted by Crippen LogP contribution is 2.29. The summed E-state index contributed by atoms with van der Waals surface area (Å²) in [5.74, 6) is 0.154. The fraction of sp³-hybridized carbons (Fsp3) is 0.500. The summed E-state index contributed by atoms with van der Waals surface area (Å²) in [6.45, 7) is 0. The van der Waals surface area contributed by atoms with Crippen LogP contribution >= 0.6 is 0 Å². The summed E-state index contributed by atoms with van der Waals surface area (Å²) in [4.78, 5) is 11.3. The molecule has 136 valence electrons. The van der Waals surface area contributed by atoms with Gasteiger partial charge in [0.15, 0.2) is 0 Å². The molecule has 1 fully saturated rings. The molecule has 2 unspecified atom stereocenters. The number of methoxy groups -OCH3 is 1. The van der Waals surface area contributed by atoms with E-state index < -0.39 is 0 Å². The first-order chi connectivity index (χ1) is 12.2. The van der Waals surface area contributed by atoms with Crippen LogP contribution in [-0.2, 0) is 16.0 Å². The van der Waals surface area contributed by atoms with E-state index in [4.69, 9.17) is 4.74 Å². The van der Waals surface area contributed by atoms with E-state index in [-0.39, 0.29) is 12.1 Å². The summed E-state index contributed by atoms with van der Waals surface area (Å²) in [7, 11) is 1.41. The van der Waals surface area contributed by atoms with Crippen molar-refractivity contribution in [3.63, 3.8) is 0 Å². The molecule has 1 aromatic carbocycles. The molecular weight excluding hydrogens is 312 g/mol. The van der Waals surface area contributed by atoms with Crippen LogP contribution in [-0.4, -0.2) is 24.3 Å². The second-order valence-corrected chi connectivity index (χ2v) is 6.87. The van der Waals surface area contributed by atoms with Crippen LogP contribution in [0.2, 0.25) is 0 Å². The molecule has 2 rings (SSSR count). The van der Waals surface area contributed by atoms with E-state index in [9.17, 15) is 9.90 Å². The first-order valence-corrected chi connectivity index (χ1v) is 9.35. The number of allylic oxidation sites excluding steroid dienone is 2. The van der Waals surface area contributed by atoms with Gasteiger partial charge in [0.1, 0.15) is 0 Å². The second-order valence-electron chi connectivity index (χ2n) is 6.87. The molecule has 0 bridgehead atoms. The average Bonchev–Trinajstić information content (AvgIpc) is 2.64. The molecule has 0 heterocycles. The van der Waals surface area contributed by atoms with Gasteiger partial charge in [-0.2, -0.15) is 0 Å². The Labute approximate surface area is 151 Å². The van der Waals surface area contributed by atoms with Crippen molar-refractivity contribution in [2.45, 2.75) is 57.5 Å². The van der Waals surface area contributed by atoms with Crippen LogP contribution < -0.4 is 0 Å². The lowest BCUT2D eigenvalue weighted by molar-refractivity contribution is -0.134. The van der Waals surface area contributed by atoms with Crippen molar-refractivity contribution in [2.24, 2.45) is 5.92 Å². The van der Waals surface area contributed by atoms with Gasteiger partial charge in [0.25, 0.3) is 0 Å². The Morgan fingerprint density at radius 2 is 2.12 bits per heavy atom. The first kappa shape index (κ1) is 19.5. The lowest BCUT2D eigenvalue weighted by Gasteiger charge is -2.21. The molecule has 1 aromatic rings. The third kappa shape index (κ3) is 7.70. The maximum atomic E-state index is 11.3. The maximum Gasteiger partial charge on any atom is 0.330 e. The zero-order valence-electron chi connectivity index (χ0n) is 15.2. The highest BCUT2D eigenvalue weighted by atomic mass is 16.5. The molecule has 1 aliphatic carbocycles. The Bertz CT molecular complexity index is 574. The van der Waals surface area contributed by atoms with Gasteiger partial charge in [-0.3, -0.25) is 0 Å². The number of carbonyl (C=O) groups is 1. The van der Waals surface area contributed by atoms with Gasteiger partial charge < -0.3 is 9.84 Å². The molecule has 0 aliphatic heterocycles. The van der Waals surface area contributed by atoms with Crippen LogP contribution in [0, 0.1) is 5.92 Å². The molecule has 1 aliphatic rings. The zero-order chi connectivity index (χ0) is 17.9. The molecule has 0 radical (unpaired) electrons. The summed E-state index contributed by atoms with van der Waals surface area (Å²) in [6.07, 6.45) is 13.4. The quantitative estimate of drug-likeness (QED) is 0.325. The summed E-state index contributed by atoms with van der Waals surface area (Å²) in [5, 5.41) is 10.2. The normalized spacial score (nSPS) is 20.7. The molecule has 0 spiro atoms. The monoisotopic (exact) mass is 342 g/mol. The minimum atomic E-state index is -0.370. The van der Waals surface area contributed by atoms with Crippen molar-refractivity contribution in [2.75, 3.05) is 7.11 Å². The van der Waals surface area contributed by atoms with Gasteiger partial charge in [0.05, 0.1) is 13.2 Å². The fourth-order valence-corrected chi connectivity index (χ4v) is 3.36. The zero-order valence-corrected chi connectivity index (χ0v) is 15.2. The topological polar surface area (TPSA) is 46.5 Å². The Kier molecular flexibility index (Phi) is 8.47. The molecule has 0 amide bonds. The number of benzene rings is 1. The third-order valence-electron chi connectivity index (χ3n) is 4.78. The number of carbonyl (C=O) groups excluding carboxylic acids is 1. The van der Waals surface area contributed by atoms with E-state index in [0.717, 1.165) is 56.9 Å². The Morgan fingerprint density at radius 1 is 1.32 bits per heavy atom. The minimum absolute atomic E-state index is 0.266. The van der Waals surface area contributed by atoms with Crippen molar-refractivity contribution in [3.8, 4) is 0 Å². The van der Waals surface area contributed by atoms with Crippen molar-refractivity contribution in [1.29, 1.82) is 0 Å². The predicted octanol–water partition coefficient (Wildman–Crippen LogP) is 4.61. The minimum Gasteiger partial charge on any atom is -0.466 e. The van der Waals surface area contributed by atoms with Gasteiger partial charge in [-0.15, -0.1) is 0 Å². The smallest absolute Gasteiger partial charge is 0.330 e. The number of aryl methyl sites for hydroxylation is 1. The summed E-state index contributed by atoms with van der Waals surface area (Å²) < 4.78 is 4.70. The molecule has 0 saturated heterocycles. The number of unbranched alkanes of at least 4 members (excludes halogenated alkanes) is 1. The Hall–Kier alpha value is -1.87. The number of esters is 1. The van der Waals surface area contributed by atoms with Crippen LogP contribution in [0.1, 0.15) is 50.5 Å². The summed E-state index contributed by atoms with van der Waals surface area (Å²) in [5.41, 5.74) is 2.52.